The Bertz CT molecular complexity index is 611. The number of ether oxygens (including phenoxy) is 3. The number of methoxy groups -OCH3 is 2. The number of nitrogens with two attached hydrogens (primary N) is 1. The lowest BCUT2D eigenvalue weighted by molar-refractivity contribution is 0.0495. The molecule has 0 aromatic heterocycles. The Morgan fingerprint density at radius 3 is 2.29 bits per heavy atom. The van der Waals surface area contributed by atoms with E-state index in [1.807, 2.05) is 6.92 Å². The lowest BCUT2D eigenvalue weighted by atomic mass is 10.2. The smallest absolute Gasteiger partial charge is 0.341 e. The monoisotopic (exact) mass is 317 g/mol. The number of carbonyl (C=O) groups excluding carboxylic acids is 1. The van der Waals surface area contributed by atoms with Crippen LogP contribution in [0.2, 0.25) is 0 Å². The van der Waals surface area contributed by atoms with Crippen molar-refractivity contribution < 1.29 is 27.4 Å². The minimum absolute atomic E-state index is 0.000502. The molecule has 0 saturated heterocycles. The van der Waals surface area contributed by atoms with Crippen LogP contribution in [0.3, 0.4) is 0 Å². The fourth-order valence-electron chi connectivity index (χ4n) is 1.64. The summed E-state index contributed by atoms with van der Waals surface area (Å²) < 4.78 is 38.2. The first-order valence-electron chi connectivity index (χ1n) is 6.31. The van der Waals surface area contributed by atoms with Crippen molar-refractivity contribution in [3.05, 3.63) is 17.7 Å². The lowest BCUT2D eigenvalue weighted by Crippen LogP contribution is -2.16. The van der Waals surface area contributed by atoms with E-state index in [1.165, 1.54) is 20.3 Å². The summed E-state index contributed by atoms with van der Waals surface area (Å²) in [5.41, 5.74) is -0.0153. The fourth-order valence-corrected chi connectivity index (χ4v) is 2.34. The van der Waals surface area contributed by atoms with Crippen LogP contribution in [0.5, 0.6) is 11.5 Å². The largest absolute Gasteiger partial charge is 0.496 e. The van der Waals surface area contributed by atoms with Crippen molar-refractivity contribution in [1.29, 1.82) is 0 Å². The Balaban J connectivity index is 3.27. The van der Waals surface area contributed by atoms with Gasteiger partial charge < -0.3 is 14.2 Å². The van der Waals surface area contributed by atoms with Gasteiger partial charge in [0.2, 0.25) is 10.0 Å². The van der Waals surface area contributed by atoms with E-state index in [0.717, 1.165) is 12.5 Å². The predicted octanol–water partition coefficient (Wildman–Crippen LogP) is 1.31. The molecule has 8 heteroatoms. The molecule has 1 aromatic rings. The van der Waals surface area contributed by atoms with Gasteiger partial charge in [-0.2, -0.15) is 0 Å². The van der Waals surface area contributed by atoms with Gasteiger partial charge in [-0.25, -0.2) is 18.4 Å². The highest BCUT2D eigenvalue weighted by molar-refractivity contribution is 7.89. The molecule has 118 valence electrons. The normalized spacial score (nSPS) is 11.0. The quantitative estimate of drug-likeness (QED) is 0.600. The molecule has 0 spiro atoms. The second-order valence-electron chi connectivity index (χ2n) is 4.24. The van der Waals surface area contributed by atoms with Crippen LogP contribution in [0.1, 0.15) is 30.1 Å². The summed E-state index contributed by atoms with van der Waals surface area (Å²) in [5, 5.41) is 5.11. The molecule has 0 radical (unpaired) electrons. The minimum Gasteiger partial charge on any atom is -0.496 e. The Hall–Kier alpha value is -1.80. The fraction of sp³-hybridized carbons (Fsp3) is 0.462. The maximum atomic E-state index is 12.0. The van der Waals surface area contributed by atoms with Gasteiger partial charge in [0, 0.05) is 6.07 Å². The third-order valence-corrected chi connectivity index (χ3v) is 3.68. The van der Waals surface area contributed by atoms with Crippen molar-refractivity contribution in [2.75, 3.05) is 20.8 Å². The van der Waals surface area contributed by atoms with Crippen LogP contribution in [0, 0.1) is 0 Å². The first-order chi connectivity index (χ1) is 9.85. The van der Waals surface area contributed by atoms with Gasteiger partial charge in [0.05, 0.1) is 20.8 Å². The summed E-state index contributed by atoms with van der Waals surface area (Å²) in [5.74, 6) is -0.520. The second-order valence-corrected chi connectivity index (χ2v) is 5.77. The van der Waals surface area contributed by atoms with Crippen LogP contribution in [0.15, 0.2) is 17.0 Å². The Morgan fingerprint density at radius 1 is 1.19 bits per heavy atom. The lowest BCUT2D eigenvalue weighted by Gasteiger charge is -2.13. The molecular formula is C13H19NO6S. The summed E-state index contributed by atoms with van der Waals surface area (Å²) in [7, 11) is -1.39. The van der Waals surface area contributed by atoms with Crippen molar-refractivity contribution in [3.63, 3.8) is 0 Å². The number of primary sulfonamides is 1. The van der Waals surface area contributed by atoms with Gasteiger partial charge in [-0.1, -0.05) is 13.3 Å². The van der Waals surface area contributed by atoms with E-state index in [2.05, 4.69) is 0 Å². The molecule has 0 unspecified atom stereocenters. The first-order valence-corrected chi connectivity index (χ1v) is 7.85. The van der Waals surface area contributed by atoms with Gasteiger partial charge in [-0.3, -0.25) is 0 Å². The third-order valence-electron chi connectivity index (χ3n) is 2.74. The molecule has 0 aliphatic carbocycles. The zero-order valence-corrected chi connectivity index (χ0v) is 13.0. The number of sulfonamides is 1. The van der Waals surface area contributed by atoms with E-state index in [1.54, 1.807) is 0 Å². The van der Waals surface area contributed by atoms with E-state index >= 15 is 0 Å². The Labute approximate surface area is 124 Å². The molecule has 0 atom stereocenters. The molecule has 1 aromatic carbocycles. The molecule has 1 rings (SSSR count). The van der Waals surface area contributed by atoms with Gasteiger partial charge >= 0.3 is 5.97 Å². The molecule has 0 amide bonds. The second kappa shape index (κ2) is 7.28. The molecule has 21 heavy (non-hydrogen) atoms. The van der Waals surface area contributed by atoms with E-state index < -0.39 is 16.0 Å². The van der Waals surface area contributed by atoms with E-state index in [9.17, 15) is 13.2 Å². The number of benzene rings is 1. The van der Waals surface area contributed by atoms with Crippen LogP contribution in [0.4, 0.5) is 0 Å². The highest BCUT2D eigenvalue weighted by Gasteiger charge is 2.23. The van der Waals surface area contributed by atoms with Gasteiger partial charge in [-0.05, 0) is 12.5 Å². The van der Waals surface area contributed by atoms with Crippen molar-refractivity contribution in [3.8, 4) is 11.5 Å². The van der Waals surface area contributed by atoms with Crippen LogP contribution in [-0.2, 0) is 14.8 Å². The van der Waals surface area contributed by atoms with Crippen LogP contribution >= 0.6 is 0 Å². The van der Waals surface area contributed by atoms with Crippen molar-refractivity contribution in [2.45, 2.75) is 24.7 Å². The van der Waals surface area contributed by atoms with Crippen LogP contribution < -0.4 is 14.6 Å². The molecular weight excluding hydrogens is 298 g/mol. The summed E-state index contributed by atoms with van der Waals surface area (Å²) in [6, 6.07) is 2.39. The number of carbonyl (C=O) groups is 1. The molecule has 0 fully saturated rings. The predicted molar refractivity (Wildman–Crippen MR) is 76.1 cm³/mol. The van der Waals surface area contributed by atoms with E-state index in [-0.39, 0.29) is 28.6 Å². The zero-order chi connectivity index (χ0) is 16.0. The van der Waals surface area contributed by atoms with Gasteiger partial charge in [-0.15, -0.1) is 0 Å². The Morgan fingerprint density at radius 2 is 1.81 bits per heavy atom. The first kappa shape index (κ1) is 17.3. The number of rotatable bonds is 7. The molecule has 0 aliphatic heterocycles. The summed E-state index contributed by atoms with van der Waals surface area (Å²) >= 11 is 0. The molecule has 2 N–H and O–H groups in total. The van der Waals surface area contributed by atoms with Gasteiger partial charge in [0.25, 0.3) is 0 Å². The standard InChI is InChI=1S/C13H19NO6S/c1-4-5-6-20-13(15)9-7-12(21(14,16)17)11(19-3)8-10(9)18-2/h7-8H,4-6H2,1-3H3,(H2,14,16,17). The number of esters is 1. The van der Waals surface area contributed by atoms with E-state index in [0.29, 0.717) is 6.42 Å². The highest BCUT2D eigenvalue weighted by atomic mass is 32.2. The maximum absolute atomic E-state index is 12.0. The van der Waals surface area contributed by atoms with Crippen molar-refractivity contribution >= 4 is 16.0 Å². The van der Waals surface area contributed by atoms with Gasteiger partial charge in [0.1, 0.15) is 22.0 Å². The maximum Gasteiger partial charge on any atom is 0.341 e. The highest BCUT2D eigenvalue weighted by Crippen LogP contribution is 2.32. The third kappa shape index (κ3) is 4.33. The number of unbranched alkanes of at least 4 members (excludes halogenated alkanes) is 1. The average molecular weight is 317 g/mol. The number of hydrogen-bond acceptors (Lipinski definition) is 6. The van der Waals surface area contributed by atoms with Crippen LogP contribution in [-0.4, -0.2) is 35.2 Å². The number of hydrogen-bond donors (Lipinski definition) is 1. The summed E-state index contributed by atoms with van der Waals surface area (Å²) in [6.45, 7) is 2.20. The topological polar surface area (TPSA) is 105 Å². The molecule has 0 heterocycles. The minimum atomic E-state index is -4.04. The summed E-state index contributed by atoms with van der Waals surface area (Å²) in [6.07, 6.45) is 1.59. The van der Waals surface area contributed by atoms with Crippen LogP contribution in [0.25, 0.3) is 0 Å². The summed E-state index contributed by atoms with van der Waals surface area (Å²) in [4.78, 5) is 11.7. The molecule has 7 nitrogen and oxygen atoms in total. The average Bonchev–Trinajstić information content (AvgIpc) is 2.44. The zero-order valence-electron chi connectivity index (χ0n) is 12.2. The van der Waals surface area contributed by atoms with E-state index in [4.69, 9.17) is 19.3 Å². The van der Waals surface area contributed by atoms with Crippen molar-refractivity contribution in [1.82, 2.24) is 0 Å². The SMILES string of the molecule is CCCCOC(=O)c1cc(S(N)(=O)=O)c(OC)cc1OC. The Kier molecular flexibility index (Phi) is 5.98. The van der Waals surface area contributed by atoms with Crippen molar-refractivity contribution in [2.24, 2.45) is 5.14 Å². The molecule has 0 saturated carbocycles. The molecule has 0 aliphatic rings. The molecule has 0 bridgehead atoms. The van der Waals surface area contributed by atoms with Gasteiger partial charge in [0.15, 0.2) is 0 Å².